The summed E-state index contributed by atoms with van der Waals surface area (Å²) >= 11 is 0. The fourth-order valence-corrected chi connectivity index (χ4v) is 7.40. The Morgan fingerprint density at radius 1 is 0.344 bits per heavy atom. The summed E-state index contributed by atoms with van der Waals surface area (Å²) in [6, 6.07) is 0. The molecule has 0 rings (SSSR count). The molecule has 0 N–H and O–H groups in total. The second-order valence-corrected chi connectivity index (χ2v) is 17.4. The highest BCUT2D eigenvalue weighted by Gasteiger charge is 2.19. The van der Waals surface area contributed by atoms with E-state index in [9.17, 15) is 14.4 Å². The minimum absolute atomic E-state index is 0.0923. The van der Waals surface area contributed by atoms with Gasteiger partial charge in [0.15, 0.2) is 6.10 Å². The number of hydrogen-bond donors (Lipinski definition) is 0. The highest BCUT2D eigenvalue weighted by molar-refractivity contribution is 5.71. The van der Waals surface area contributed by atoms with E-state index in [0.717, 1.165) is 77.0 Å². The lowest BCUT2D eigenvalue weighted by Gasteiger charge is -2.18. The van der Waals surface area contributed by atoms with Crippen LogP contribution in [0.5, 0.6) is 0 Å². The summed E-state index contributed by atoms with van der Waals surface area (Å²) < 4.78 is 16.7. The highest BCUT2D eigenvalue weighted by atomic mass is 16.6. The average molecular weight is 855 g/mol. The Hall–Kier alpha value is -2.63. The molecule has 0 spiro atoms. The van der Waals surface area contributed by atoms with Crippen molar-refractivity contribution in [1.29, 1.82) is 0 Å². The predicted molar refractivity (Wildman–Crippen MR) is 261 cm³/mol. The van der Waals surface area contributed by atoms with Crippen LogP contribution in [0.25, 0.3) is 0 Å². The van der Waals surface area contributed by atoms with Gasteiger partial charge >= 0.3 is 17.9 Å². The Bertz CT molecular complexity index is 1070. The van der Waals surface area contributed by atoms with Crippen LogP contribution < -0.4 is 0 Å². The first-order valence-electron chi connectivity index (χ1n) is 26.1. The predicted octanol–water partition coefficient (Wildman–Crippen LogP) is 17.1. The van der Waals surface area contributed by atoms with Gasteiger partial charge in [-0.05, 0) is 70.6 Å². The van der Waals surface area contributed by atoms with Crippen LogP contribution in [0.1, 0.15) is 265 Å². The molecule has 0 fully saturated rings. The van der Waals surface area contributed by atoms with Crippen molar-refractivity contribution in [2.45, 2.75) is 271 Å². The van der Waals surface area contributed by atoms with Crippen LogP contribution >= 0.6 is 0 Å². The molecule has 0 aliphatic carbocycles. The Kier molecular flexibility index (Phi) is 47.9. The van der Waals surface area contributed by atoms with Gasteiger partial charge < -0.3 is 14.2 Å². The minimum atomic E-state index is -0.797. The van der Waals surface area contributed by atoms with E-state index in [1.807, 2.05) is 0 Å². The second kappa shape index (κ2) is 50.0. The third-order valence-electron chi connectivity index (χ3n) is 11.3. The third-order valence-corrected chi connectivity index (χ3v) is 11.3. The third kappa shape index (κ3) is 48.3. The van der Waals surface area contributed by atoms with E-state index in [2.05, 4.69) is 69.4 Å². The molecule has 0 heterocycles. The molecule has 0 aromatic rings. The summed E-state index contributed by atoms with van der Waals surface area (Å²) in [6.07, 6.45) is 59.7. The van der Waals surface area contributed by atoms with E-state index >= 15 is 0 Å². The second-order valence-electron chi connectivity index (χ2n) is 17.4. The fourth-order valence-electron chi connectivity index (χ4n) is 7.40. The van der Waals surface area contributed by atoms with Gasteiger partial charge in [-0.3, -0.25) is 14.4 Å². The molecule has 0 saturated heterocycles. The molecule has 354 valence electrons. The lowest BCUT2D eigenvalue weighted by atomic mass is 10.0. The van der Waals surface area contributed by atoms with E-state index < -0.39 is 6.10 Å². The van der Waals surface area contributed by atoms with Crippen LogP contribution in [0.15, 0.2) is 48.6 Å². The summed E-state index contributed by atoms with van der Waals surface area (Å²) in [4.78, 5) is 37.9. The molecular weight excluding hydrogens is 757 g/mol. The van der Waals surface area contributed by atoms with Crippen molar-refractivity contribution in [3.63, 3.8) is 0 Å². The Morgan fingerprint density at radius 3 is 1.10 bits per heavy atom. The Balaban J connectivity index is 4.36. The van der Waals surface area contributed by atoms with Crippen molar-refractivity contribution in [2.24, 2.45) is 0 Å². The van der Waals surface area contributed by atoms with E-state index in [0.29, 0.717) is 19.3 Å². The standard InChI is InChI=1S/C55H98O6/c1-4-7-10-13-16-19-22-24-26-27-28-29-31-33-36-39-42-45-48-54(57)60-51-52(50-59-53(56)47-44-41-38-35-32-21-18-15-12-9-6-3)61-55(58)49-46-43-40-37-34-30-25-23-20-17-14-11-8-5-2/h9,12,18,21,30,34-35,38,52H,4-8,10-11,13-17,19-20,22-29,31-33,36-37,39-51H2,1-3H3/b12-9-,21-18-,34-30-,38-35-. The van der Waals surface area contributed by atoms with Crippen LogP contribution in [-0.2, 0) is 28.6 Å². The molecule has 0 saturated carbocycles. The smallest absolute Gasteiger partial charge is 0.306 e. The zero-order chi connectivity index (χ0) is 44.4. The van der Waals surface area contributed by atoms with Crippen molar-refractivity contribution < 1.29 is 28.6 Å². The summed E-state index contributed by atoms with van der Waals surface area (Å²) in [7, 11) is 0. The zero-order valence-electron chi connectivity index (χ0n) is 40.4. The van der Waals surface area contributed by atoms with Gasteiger partial charge in [0.25, 0.3) is 0 Å². The lowest BCUT2D eigenvalue weighted by Crippen LogP contribution is -2.30. The molecule has 0 bridgehead atoms. The van der Waals surface area contributed by atoms with Crippen LogP contribution in [0.2, 0.25) is 0 Å². The fraction of sp³-hybridized carbons (Fsp3) is 0.800. The monoisotopic (exact) mass is 855 g/mol. The van der Waals surface area contributed by atoms with Gasteiger partial charge in [-0.15, -0.1) is 0 Å². The van der Waals surface area contributed by atoms with Crippen molar-refractivity contribution >= 4 is 17.9 Å². The minimum Gasteiger partial charge on any atom is -0.462 e. The van der Waals surface area contributed by atoms with Crippen LogP contribution in [0.3, 0.4) is 0 Å². The first-order chi connectivity index (χ1) is 30.0. The number of unbranched alkanes of at least 4 members (excludes halogenated alkanes) is 28. The molecule has 0 aromatic heterocycles. The summed E-state index contributed by atoms with van der Waals surface area (Å²) in [6.45, 7) is 6.48. The molecule has 0 radical (unpaired) electrons. The number of rotatable bonds is 47. The topological polar surface area (TPSA) is 78.9 Å². The largest absolute Gasteiger partial charge is 0.462 e. The summed E-state index contributed by atoms with van der Waals surface area (Å²) in [5, 5.41) is 0. The van der Waals surface area contributed by atoms with Crippen LogP contribution in [-0.4, -0.2) is 37.2 Å². The van der Waals surface area contributed by atoms with E-state index in [4.69, 9.17) is 14.2 Å². The van der Waals surface area contributed by atoms with Crippen molar-refractivity contribution in [3.8, 4) is 0 Å². The van der Waals surface area contributed by atoms with Gasteiger partial charge in [-0.2, -0.15) is 0 Å². The maximum absolute atomic E-state index is 12.8. The maximum atomic E-state index is 12.8. The molecule has 0 aliphatic rings. The van der Waals surface area contributed by atoms with Gasteiger partial charge in [-0.25, -0.2) is 0 Å². The summed E-state index contributed by atoms with van der Waals surface area (Å²) in [5.41, 5.74) is 0. The number of carbonyl (C=O) groups is 3. The highest BCUT2D eigenvalue weighted by Crippen LogP contribution is 2.16. The number of hydrogen-bond acceptors (Lipinski definition) is 6. The van der Waals surface area contributed by atoms with Crippen molar-refractivity contribution in [2.75, 3.05) is 13.2 Å². The van der Waals surface area contributed by atoms with Gasteiger partial charge in [0, 0.05) is 19.3 Å². The molecule has 61 heavy (non-hydrogen) atoms. The van der Waals surface area contributed by atoms with Gasteiger partial charge in [0.2, 0.25) is 0 Å². The van der Waals surface area contributed by atoms with Gasteiger partial charge in [-0.1, -0.05) is 223 Å². The SMILES string of the molecule is CC/C=C\C/C=C\C/C=C\CCCC(=O)OCC(COC(=O)CCCCCCCCCCCCCCCCCCCC)OC(=O)CCCCC/C=C\CCCCCCCCC. The average Bonchev–Trinajstić information content (AvgIpc) is 3.26. The number of carbonyl (C=O) groups excluding carboxylic acids is 3. The Labute approximate surface area is 378 Å². The van der Waals surface area contributed by atoms with Gasteiger partial charge in [0.05, 0.1) is 0 Å². The summed E-state index contributed by atoms with van der Waals surface area (Å²) in [5.74, 6) is -0.958. The molecule has 0 amide bonds. The van der Waals surface area contributed by atoms with E-state index in [-0.39, 0.29) is 37.5 Å². The van der Waals surface area contributed by atoms with E-state index in [1.165, 1.54) is 141 Å². The molecule has 1 unspecified atom stereocenters. The first kappa shape index (κ1) is 58.4. The maximum Gasteiger partial charge on any atom is 0.306 e. The molecule has 1 atom stereocenters. The van der Waals surface area contributed by atoms with Gasteiger partial charge in [0.1, 0.15) is 13.2 Å². The number of esters is 3. The molecule has 0 aromatic carbocycles. The van der Waals surface area contributed by atoms with E-state index in [1.54, 1.807) is 0 Å². The van der Waals surface area contributed by atoms with Crippen LogP contribution in [0, 0.1) is 0 Å². The quantitative estimate of drug-likeness (QED) is 0.0263. The molecule has 6 nitrogen and oxygen atoms in total. The number of allylic oxidation sites excluding steroid dienone is 8. The molecular formula is C55H98O6. The normalized spacial score (nSPS) is 12.4. The number of ether oxygens (including phenoxy) is 3. The van der Waals surface area contributed by atoms with Crippen LogP contribution in [0.4, 0.5) is 0 Å². The molecule has 6 heteroatoms. The van der Waals surface area contributed by atoms with Crippen molar-refractivity contribution in [1.82, 2.24) is 0 Å². The molecule has 0 aliphatic heterocycles. The lowest BCUT2D eigenvalue weighted by molar-refractivity contribution is -0.167. The zero-order valence-corrected chi connectivity index (χ0v) is 40.4. The first-order valence-corrected chi connectivity index (χ1v) is 26.1. The Morgan fingerprint density at radius 2 is 0.656 bits per heavy atom. The van der Waals surface area contributed by atoms with Crippen molar-refractivity contribution in [3.05, 3.63) is 48.6 Å².